The van der Waals surface area contributed by atoms with Crippen molar-refractivity contribution in [2.75, 3.05) is 26.8 Å². The predicted molar refractivity (Wildman–Crippen MR) is 85.5 cm³/mol. The second-order valence-corrected chi connectivity index (χ2v) is 6.70. The number of carboxylic acid groups (broad SMARTS) is 1. The Bertz CT molecular complexity index is 609. The highest BCUT2D eigenvalue weighted by Gasteiger charge is 2.47. The molecule has 124 valence electrons. The molecular formula is C18H23NO4. The second kappa shape index (κ2) is 6.32. The Kier molecular flexibility index (Phi) is 4.39. The molecule has 2 aliphatic rings. The molecule has 1 heterocycles. The Morgan fingerprint density at radius 2 is 2.09 bits per heavy atom. The zero-order valence-electron chi connectivity index (χ0n) is 13.5. The maximum atomic E-state index is 12.9. The van der Waals surface area contributed by atoms with Crippen LogP contribution >= 0.6 is 0 Å². The monoisotopic (exact) mass is 317 g/mol. The van der Waals surface area contributed by atoms with Crippen molar-refractivity contribution >= 4 is 11.9 Å². The minimum absolute atomic E-state index is 0.103. The number of carboxylic acids is 1. The number of nitrogens with zero attached hydrogens (tertiary/aromatic N) is 1. The zero-order valence-corrected chi connectivity index (χ0v) is 13.5. The lowest BCUT2D eigenvalue weighted by molar-refractivity contribution is -0.151. The molecule has 1 N–H and O–H groups in total. The smallest absolute Gasteiger partial charge is 0.335 e. The van der Waals surface area contributed by atoms with E-state index in [2.05, 4.69) is 0 Å². The van der Waals surface area contributed by atoms with Crippen molar-refractivity contribution in [1.29, 1.82) is 0 Å². The van der Waals surface area contributed by atoms with Gasteiger partial charge in [0.1, 0.15) is 0 Å². The van der Waals surface area contributed by atoms with Gasteiger partial charge in [0.25, 0.3) is 0 Å². The van der Waals surface area contributed by atoms with E-state index in [0.29, 0.717) is 25.3 Å². The lowest BCUT2D eigenvalue weighted by atomic mass is 9.68. The van der Waals surface area contributed by atoms with Gasteiger partial charge in [-0.25, -0.2) is 4.79 Å². The summed E-state index contributed by atoms with van der Waals surface area (Å²) in [5.41, 5.74) is 0.849. The van der Waals surface area contributed by atoms with Crippen molar-refractivity contribution in [1.82, 2.24) is 4.90 Å². The number of carbonyl (C=O) groups excluding carboxylic acids is 1. The average Bonchev–Trinajstić information content (AvgIpc) is 3.00. The van der Waals surface area contributed by atoms with Crippen LogP contribution in [0.5, 0.6) is 0 Å². The van der Waals surface area contributed by atoms with Crippen LogP contribution in [0, 0.1) is 5.41 Å². The van der Waals surface area contributed by atoms with Crippen LogP contribution < -0.4 is 0 Å². The zero-order chi connectivity index (χ0) is 16.4. The summed E-state index contributed by atoms with van der Waals surface area (Å²) in [6.45, 7) is 1.79. The maximum Gasteiger partial charge on any atom is 0.335 e. The van der Waals surface area contributed by atoms with Gasteiger partial charge < -0.3 is 14.7 Å². The third kappa shape index (κ3) is 2.85. The normalized spacial score (nSPS) is 22.7. The molecule has 1 aromatic rings. The minimum Gasteiger partial charge on any atom is -0.478 e. The van der Waals surface area contributed by atoms with Gasteiger partial charge in [-0.05, 0) is 30.9 Å². The Labute approximate surface area is 136 Å². The van der Waals surface area contributed by atoms with Gasteiger partial charge >= 0.3 is 5.97 Å². The molecule has 1 aliphatic heterocycles. The van der Waals surface area contributed by atoms with Gasteiger partial charge in [0.05, 0.1) is 17.6 Å². The molecule has 1 atom stereocenters. The number of hydrogen-bond acceptors (Lipinski definition) is 3. The molecule has 0 unspecified atom stereocenters. The predicted octanol–water partition coefficient (Wildman–Crippen LogP) is 2.52. The molecule has 23 heavy (non-hydrogen) atoms. The summed E-state index contributed by atoms with van der Waals surface area (Å²) in [5.74, 6) is -0.618. The number of amides is 1. The quantitative estimate of drug-likeness (QED) is 0.906. The number of rotatable bonds is 5. The number of aromatic carboxylic acids is 1. The van der Waals surface area contributed by atoms with E-state index in [-0.39, 0.29) is 17.2 Å². The number of hydrogen-bond donors (Lipinski definition) is 1. The molecule has 1 saturated heterocycles. The molecule has 2 fully saturated rings. The first-order valence-electron chi connectivity index (χ1n) is 8.18. The van der Waals surface area contributed by atoms with E-state index < -0.39 is 5.97 Å². The molecule has 1 aromatic carbocycles. The third-order valence-corrected chi connectivity index (χ3v) is 5.29. The second-order valence-electron chi connectivity index (χ2n) is 6.70. The van der Waals surface area contributed by atoms with Gasteiger partial charge in [-0.15, -0.1) is 0 Å². The molecule has 0 bridgehead atoms. The van der Waals surface area contributed by atoms with Crippen LogP contribution in [0.3, 0.4) is 0 Å². The molecular weight excluding hydrogens is 294 g/mol. The van der Waals surface area contributed by atoms with Crippen LogP contribution in [0.25, 0.3) is 0 Å². The van der Waals surface area contributed by atoms with Gasteiger partial charge in [-0.3, -0.25) is 4.79 Å². The van der Waals surface area contributed by atoms with Gasteiger partial charge in [-0.2, -0.15) is 0 Å². The SMILES string of the molecule is COCC1(C(=O)N2CC[C@H](c3ccccc3C(=O)O)C2)CCC1. The first kappa shape index (κ1) is 16.0. The molecule has 5 heteroatoms. The summed E-state index contributed by atoms with van der Waals surface area (Å²) in [6.07, 6.45) is 3.69. The van der Waals surface area contributed by atoms with Crippen molar-refractivity contribution in [3.63, 3.8) is 0 Å². The minimum atomic E-state index is -0.903. The van der Waals surface area contributed by atoms with E-state index in [9.17, 15) is 14.7 Å². The Balaban J connectivity index is 1.74. The number of carbonyl (C=O) groups is 2. The van der Waals surface area contributed by atoms with E-state index >= 15 is 0 Å². The van der Waals surface area contributed by atoms with Gasteiger partial charge in [0, 0.05) is 26.1 Å². The van der Waals surface area contributed by atoms with Crippen molar-refractivity contribution < 1.29 is 19.4 Å². The standard InChI is InChI=1S/C18H23NO4/c1-23-12-18(8-4-9-18)17(22)19-10-7-13(11-19)14-5-2-3-6-15(14)16(20)21/h2-3,5-6,13H,4,7-12H2,1H3,(H,20,21)/t13-/m0/s1. The van der Waals surface area contributed by atoms with Crippen LogP contribution in [0.2, 0.25) is 0 Å². The number of methoxy groups -OCH3 is 1. The Morgan fingerprint density at radius 1 is 1.35 bits per heavy atom. The largest absolute Gasteiger partial charge is 0.478 e. The van der Waals surface area contributed by atoms with E-state index in [1.54, 1.807) is 19.2 Å². The number of ether oxygens (including phenoxy) is 1. The highest BCUT2D eigenvalue weighted by Crippen LogP contribution is 2.44. The van der Waals surface area contributed by atoms with Crippen LogP contribution in [0.1, 0.15) is 47.5 Å². The summed E-state index contributed by atoms with van der Waals surface area (Å²) in [5, 5.41) is 9.35. The summed E-state index contributed by atoms with van der Waals surface area (Å²) < 4.78 is 5.27. The molecule has 5 nitrogen and oxygen atoms in total. The van der Waals surface area contributed by atoms with Crippen LogP contribution in [-0.2, 0) is 9.53 Å². The highest BCUT2D eigenvalue weighted by molar-refractivity contribution is 5.90. The van der Waals surface area contributed by atoms with Gasteiger partial charge in [-0.1, -0.05) is 24.6 Å². The molecule has 0 spiro atoms. The van der Waals surface area contributed by atoms with Crippen LogP contribution in [0.15, 0.2) is 24.3 Å². The number of benzene rings is 1. The third-order valence-electron chi connectivity index (χ3n) is 5.29. The fraction of sp³-hybridized carbons (Fsp3) is 0.556. The lowest BCUT2D eigenvalue weighted by Gasteiger charge is -2.42. The van der Waals surface area contributed by atoms with Gasteiger partial charge in [0.2, 0.25) is 5.91 Å². The lowest BCUT2D eigenvalue weighted by Crippen LogP contribution is -2.49. The molecule has 3 rings (SSSR count). The maximum absolute atomic E-state index is 12.9. The first-order chi connectivity index (χ1) is 11.1. The van der Waals surface area contributed by atoms with E-state index in [1.807, 2.05) is 17.0 Å². The molecule has 0 radical (unpaired) electrons. The Hall–Kier alpha value is -1.88. The first-order valence-corrected chi connectivity index (χ1v) is 8.18. The van der Waals surface area contributed by atoms with Crippen molar-refractivity contribution in [3.05, 3.63) is 35.4 Å². The van der Waals surface area contributed by atoms with E-state index in [4.69, 9.17) is 4.74 Å². The fourth-order valence-electron chi connectivity index (χ4n) is 3.88. The molecule has 1 aliphatic carbocycles. The van der Waals surface area contributed by atoms with Gasteiger partial charge in [0.15, 0.2) is 0 Å². The highest BCUT2D eigenvalue weighted by atomic mass is 16.5. The summed E-state index contributed by atoms with van der Waals surface area (Å²) in [7, 11) is 1.64. The van der Waals surface area contributed by atoms with E-state index in [0.717, 1.165) is 31.2 Å². The van der Waals surface area contributed by atoms with Crippen LogP contribution in [0.4, 0.5) is 0 Å². The average molecular weight is 317 g/mol. The molecule has 1 saturated carbocycles. The van der Waals surface area contributed by atoms with Crippen molar-refractivity contribution in [3.8, 4) is 0 Å². The summed E-state index contributed by atoms with van der Waals surface area (Å²) in [6, 6.07) is 7.12. The Morgan fingerprint density at radius 3 is 2.70 bits per heavy atom. The molecule has 1 amide bonds. The van der Waals surface area contributed by atoms with Crippen molar-refractivity contribution in [2.24, 2.45) is 5.41 Å². The topological polar surface area (TPSA) is 66.8 Å². The van der Waals surface area contributed by atoms with Crippen molar-refractivity contribution in [2.45, 2.75) is 31.6 Å². The molecule has 0 aromatic heterocycles. The van der Waals surface area contributed by atoms with E-state index in [1.165, 1.54) is 0 Å². The van der Waals surface area contributed by atoms with Crippen LogP contribution in [-0.4, -0.2) is 48.7 Å². The summed E-state index contributed by atoms with van der Waals surface area (Å²) >= 11 is 0. The summed E-state index contributed by atoms with van der Waals surface area (Å²) in [4.78, 5) is 26.2. The fourth-order valence-corrected chi connectivity index (χ4v) is 3.88. The number of likely N-dealkylation sites (tertiary alicyclic amines) is 1.